The molecular formula is C16H14S2. The molecule has 2 aromatic rings. The molecule has 0 aromatic heterocycles. The van der Waals surface area contributed by atoms with Gasteiger partial charge in [0.05, 0.1) is 4.20 Å². The molecule has 0 radical (unpaired) electrons. The van der Waals surface area contributed by atoms with Gasteiger partial charge in [-0.25, -0.2) is 0 Å². The molecule has 0 atom stereocenters. The summed E-state index contributed by atoms with van der Waals surface area (Å²) in [7, 11) is 0. The van der Waals surface area contributed by atoms with E-state index in [9.17, 15) is 0 Å². The minimum absolute atomic E-state index is 0.860. The third-order valence-corrected chi connectivity index (χ3v) is 4.05. The predicted octanol–water partition coefficient (Wildman–Crippen LogP) is 4.95. The Hall–Kier alpha value is -1.38. The summed E-state index contributed by atoms with van der Waals surface area (Å²) < 4.78 is 0.925. The molecule has 0 amide bonds. The highest BCUT2D eigenvalue weighted by atomic mass is 32.2. The molecule has 0 nitrogen and oxygen atoms in total. The maximum atomic E-state index is 5.36. The number of hydrogen-bond acceptors (Lipinski definition) is 2. The van der Waals surface area contributed by atoms with E-state index in [2.05, 4.69) is 43.0 Å². The standard InChI is InChI=1S/C16H14S2/c1-2-12-18-16(17)15-10-8-14(9-11-15)13-6-4-3-5-7-13/h2-11H,1,12H2. The summed E-state index contributed by atoms with van der Waals surface area (Å²) in [6.07, 6.45) is 1.87. The Labute approximate surface area is 118 Å². The Bertz CT molecular complexity index is 527. The van der Waals surface area contributed by atoms with Crippen LogP contribution in [-0.2, 0) is 0 Å². The molecular weight excluding hydrogens is 256 g/mol. The van der Waals surface area contributed by atoms with E-state index in [1.165, 1.54) is 11.1 Å². The van der Waals surface area contributed by atoms with E-state index >= 15 is 0 Å². The molecule has 0 heterocycles. The van der Waals surface area contributed by atoms with Gasteiger partial charge in [0.25, 0.3) is 0 Å². The Kier molecular flexibility index (Phi) is 4.73. The highest BCUT2D eigenvalue weighted by Gasteiger charge is 2.02. The van der Waals surface area contributed by atoms with Crippen LogP contribution in [0.3, 0.4) is 0 Å². The van der Waals surface area contributed by atoms with Crippen LogP contribution in [0.2, 0.25) is 0 Å². The molecule has 2 heteroatoms. The number of thiocarbonyl (C=S) groups is 1. The monoisotopic (exact) mass is 270 g/mol. The second-order valence-electron chi connectivity index (χ2n) is 3.83. The first-order chi connectivity index (χ1) is 8.81. The van der Waals surface area contributed by atoms with Gasteiger partial charge in [-0.2, -0.15) is 0 Å². The van der Waals surface area contributed by atoms with Crippen molar-refractivity contribution in [1.29, 1.82) is 0 Å². The molecule has 0 spiro atoms. The number of hydrogen-bond donors (Lipinski definition) is 0. The molecule has 0 N–H and O–H groups in total. The van der Waals surface area contributed by atoms with E-state index in [4.69, 9.17) is 12.2 Å². The maximum absolute atomic E-state index is 5.36. The second-order valence-corrected chi connectivity index (χ2v) is 5.53. The SMILES string of the molecule is C=CCSC(=S)c1ccc(-c2ccccc2)cc1. The van der Waals surface area contributed by atoms with E-state index in [0.717, 1.165) is 15.5 Å². The minimum Gasteiger partial charge on any atom is -0.110 e. The van der Waals surface area contributed by atoms with Gasteiger partial charge in [-0.05, 0) is 16.7 Å². The summed E-state index contributed by atoms with van der Waals surface area (Å²) in [5, 5.41) is 0. The van der Waals surface area contributed by atoms with Crippen molar-refractivity contribution in [2.45, 2.75) is 0 Å². The molecule has 0 aliphatic rings. The Balaban J connectivity index is 2.15. The lowest BCUT2D eigenvalue weighted by atomic mass is 10.0. The van der Waals surface area contributed by atoms with Gasteiger partial charge in [-0.15, -0.1) is 18.3 Å². The van der Waals surface area contributed by atoms with Crippen LogP contribution in [0.25, 0.3) is 11.1 Å². The normalized spacial score (nSPS) is 10.0. The van der Waals surface area contributed by atoms with Gasteiger partial charge in [-0.1, -0.05) is 72.9 Å². The highest BCUT2D eigenvalue weighted by molar-refractivity contribution is 8.23. The molecule has 0 aliphatic heterocycles. The van der Waals surface area contributed by atoms with Gasteiger partial charge in [-0.3, -0.25) is 0 Å². The first-order valence-electron chi connectivity index (χ1n) is 5.75. The zero-order valence-electron chi connectivity index (χ0n) is 10.0. The van der Waals surface area contributed by atoms with Gasteiger partial charge in [0.1, 0.15) is 0 Å². The van der Waals surface area contributed by atoms with Crippen LogP contribution in [0.15, 0.2) is 67.3 Å². The minimum atomic E-state index is 0.860. The third kappa shape index (κ3) is 3.31. The zero-order chi connectivity index (χ0) is 12.8. The van der Waals surface area contributed by atoms with Gasteiger partial charge in [0, 0.05) is 5.75 Å². The number of rotatable bonds is 4. The predicted molar refractivity (Wildman–Crippen MR) is 86.2 cm³/mol. The molecule has 0 saturated carbocycles. The van der Waals surface area contributed by atoms with Crippen molar-refractivity contribution in [3.05, 3.63) is 72.8 Å². The van der Waals surface area contributed by atoms with E-state index in [-0.39, 0.29) is 0 Å². The van der Waals surface area contributed by atoms with Crippen molar-refractivity contribution in [2.75, 3.05) is 5.75 Å². The molecule has 18 heavy (non-hydrogen) atoms. The van der Waals surface area contributed by atoms with Crippen molar-refractivity contribution in [3.8, 4) is 11.1 Å². The van der Waals surface area contributed by atoms with Crippen molar-refractivity contribution in [1.82, 2.24) is 0 Å². The van der Waals surface area contributed by atoms with Crippen LogP contribution in [0.1, 0.15) is 5.56 Å². The van der Waals surface area contributed by atoms with Crippen LogP contribution >= 0.6 is 24.0 Å². The smallest absolute Gasteiger partial charge is 0.0781 e. The number of benzene rings is 2. The van der Waals surface area contributed by atoms with Crippen molar-refractivity contribution in [2.24, 2.45) is 0 Å². The van der Waals surface area contributed by atoms with Gasteiger partial charge in [0.15, 0.2) is 0 Å². The molecule has 2 aromatic carbocycles. The van der Waals surface area contributed by atoms with E-state index in [1.807, 2.05) is 24.3 Å². The first kappa shape index (κ1) is 13.1. The van der Waals surface area contributed by atoms with Gasteiger partial charge < -0.3 is 0 Å². The van der Waals surface area contributed by atoms with Gasteiger partial charge >= 0.3 is 0 Å². The van der Waals surface area contributed by atoms with Crippen LogP contribution in [0.4, 0.5) is 0 Å². The Morgan fingerprint density at radius 3 is 2.22 bits per heavy atom. The molecule has 2 rings (SSSR count). The topological polar surface area (TPSA) is 0 Å². The summed E-state index contributed by atoms with van der Waals surface area (Å²) in [6.45, 7) is 3.70. The molecule has 90 valence electrons. The summed E-state index contributed by atoms with van der Waals surface area (Å²) in [6, 6.07) is 18.7. The average molecular weight is 270 g/mol. The molecule has 0 saturated heterocycles. The van der Waals surface area contributed by atoms with Crippen molar-refractivity contribution < 1.29 is 0 Å². The van der Waals surface area contributed by atoms with Crippen LogP contribution < -0.4 is 0 Å². The van der Waals surface area contributed by atoms with Crippen LogP contribution in [0, 0.1) is 0 Å². The third-order valence-electron chi connectivity index (χ3n) is 2.56. The highest BCUT2D eigenvalue weighted by Crippen LogP contribution is 2.21. The van der Waals surface area contributed by atoms with E-state index in [0.29, 0.717) is 0 Å². The number of thioether (sulfide) groups is 1. The molecule has 0 bridgehead atoms. The van der Waals surface area contributed by atoms with Crippen LogP contribution in [0.5, 0.6) is 0 Å². The molecule has 0 unspecified atom stereocenters. The summed E-state index contributed by atoms with van der Waals surface area (Å²) in [5.41, 5.74) is 3.56. The summed E-state index contributed by atoms with van der Waals surface area (Å²) in [4.78, 5) is 0. The fourth-order valence-electron chi connectivity index (χ4n) is 1.65. The fraction of sp³-hybridized carbons (Fsp3) is 0.0625. The second kappa shape index (κ2) is 6.53. The Morgan fingerprint density at radius 1 is 1.00 bits per heavy atom. The summed E-state index contributed by atoms with van der Waals surface area (Å²) >= 11 is 7.01. The lowest BCUT2D eigenvalue weighted by Gasteiger charge is -2.05. The fourth-order valence-corrected chi connectivity index (χ4v) is 2.56. The first-order valence-corrected chi connectivity index (χ1v) is 7.14. The van der Waals surface area contributed by atoms with Gasteiger partial charge in [0.2, 0.25) is 0 Å². The van der Waals surface area contributed by atoms with Crippen molar-refractivity contribution >= 4 is 28.2 Å². The quantitative estimate of drug-likeness (QED) is 0.569. The van der Waals surface area contributed by atoms with Crippen LogP contribution in [-0.4, -0.2) is 9.95 Å². The maximum Gasteiger partial charge on any atom is 0.0781 e. The molecule has 0 aliphatic carbocycles. The lowest BCUT2D eigenvalue weighted by molar-refractivity contribution is 1.61. The van der Waals surface area contributed by atoms with E-state index in [1.54, 1.807) is 11.8 Å². The molecule has 0 fully saturated rings. The lowest BCUT2D eigenvalue weighted by Crippen LogP contribution is -1.92. The van der Waals surface area contributed by atoms with E-state index < -0.39 is 0 Å². The zero-order valence-corrected chi connectivity index (χ0v) is 11.6. The average Bonchev–Trinajstić information content (AvgIpc) is 2.46. The summed E-state index contributed by atoms with van der Waals surface area (Å²) in [5.74, 6) is 0.860. The van der Waals surface area contributed by atoms with Crippen molar-refractivity contribution in [3.63, 3.8) is 0 Å². The largest absolute Gasteiger partial charge is 0.110 e. The Morgan fingerprint density at radius 2 is 1.61 bits per heavy atom.